The van der Waals surface area contributed by atoms with Crippen molar-refractivity contribution in [2.45, 2.75) is 20.0 Å². The lowest BCUT2D eigenvalue weighted by atomic mass is 10.1. The smallest absolute Gasteiger partial charge is 0.341 e. The maximum Gasteiger partial charge on any atom is 0.341 e. The SMILES string of the molecule is CCOC(=O)c1cnn(-c2cc(C#N)ccc2[C@H](C)O)c1. The maximum atomic E-state index is 11.7. The number of carbonyl (C=O) groups is 1. The second-order valence-corrected chi connectivity index (χ2v) is 4.46. The summed E-state index contributed by atoms with van der Waals surface area (Å²) in [6.07, 6.45) is 2.19. The molecule has 0 radical (unpaired) electrons. The Kier molecular flexibility index (Phi) is 4.36. The van der Waals surface area contributed by atoms with Gasteiger partial charge in [0.25, 0.3) is 0 Å². The zero-order valence-corrected chi connectivity index (χ0v) is 11.8. The number of benzene rings is 1. The van der Waals surface area contributed by atoms with E-state index in [1.54, 1.807) is 32.0 Å². The van der Waals surface area contributed by atoms with Crippen LogP contribution in [0.25, 0.3) is 5.69 Å². The molecular formula is C15H15N3O3. The van der Waals surface area contributed by atoms with Crippen LogP contribution in [0, 0.1) is 11.3 Å². The molecule has 1 aromatic carbocycles. The molecule has 1 heterocycles. The van der Waals surface area contributed by atoms with Crippen molar-refractivity contribution in [1.82, 2.24) is 9.78 Å². The van der Waals surface area contributed by atoms with Crippen LogP contribution < -0.4 is 0 Å². The molecule has 2 rings (SSSR count). The van der Waals surface area contributed by atoms with Crippen LogP contribution in [0.5, 0.6) is 0 Å². The molecule has 21 heavy (non-hydrogen) atoms. The van der Waals surface area contributed by atoms with Crippen LogP contribution in [0.1, 0.15) is 41.4 Å². The van der Waals surface area contributed by atoms with E-state index in [9.17, 15) is 9.90 Å². The number of aliphatic hydroxyl groups is 1. The molecule has 0 fully saturated rings. The minimum atomic E-state index is -0.719. The summed E-state index contributed by atoms with van der Waals surface area (Å²) in [5, 5.41) is 22.9. The predicted molar refractivity (Wildman–Crippen MR) is 74.9 cm³/mol. The first-order valence-corrected chi connectivity index (χ1v) is 6.51. The van der Waals surface area contributed by atoms with Gasteiger partial charge in [-0.15, -0.1) is 0 Å². The summed E-state index contributed by atoms with van der Waals surface area (Å²) in [6.45, 7) is 3.64. The molecule has 2 aromatic rings. The first-order valence-electron chi connectivity index (χ1n) is 6.51. The fraction of sp³-hybridized carbons (Fsp3) is 0.267. The van der Waals surface area contributed by atoms with E-state index in [4.69, 9.17) is 10.00 Å². The zero-order chi connectivity index (χ0) is 15.4. The van der Waals surface area contributed by atoms with Crippen molar-refractivity contribution in [2.24, 2.45) is 0 Å². The Balaban J connectivity index is 2.46. The van der Waals surface area contributed by atoms with Gasteiger partial charge in [-0.1, -0.05) is 6.07 Å². The van der Waals surface area contributed by atoms with Crippen molar-refractivity contribution in [3.63, 3.8) is 0 Å². The lowest BCUT2D eigenvalue weighted by molar-refractivity contribution is 0.0526. The first kappa shape index (κ1) is 14.8. The van der Waals surface area contributed by atoms with Crippen molar-refractivity contribution >= 4 is 5.97 Å². The minimum Gasteiger partial charge on any atom is -0.462 e. The molecule has 1 N–H and O–H groups in total. The highest BCUT2D eigenvalue weighted by molar-refractivity contribution is 5.88. The van der Waals surface area contributed by atoms with Crippen molar-refractivity contribution in [2.75, 3.05) is 6.61 Å². The van der Waals surface area contributed by atoms with Crippen molar-refractivity contribution in [3.05, 3.63) is 47.3 Å². The van der Waals surface area contributed by atoms with Crippen molar-refractivity contribution < 1.29 is 14.6 Å². The fourth-order valence-corrected chi connectivity index (χ4v) is 1.94. The van der Waals surface area contributed by atoms with Crippen molar-refractivity contribution in [3.8, 4) is 11.8 Å². The third-order valence-electron chi connectivity index (χ3n) is 2.95. The molecule has 0 aliphatic heterocycles. The number of nitrogens with zero attached hydrogens (tertiary/aromatic N) is 3. The Bertz CT molecular complexity index is 698. The second kappa shape index (κ2) is 6.20. The average molecular weight is 285 g/mol. The Morgan fingerprint density at radius 2 is 2.33 bits per heavy atom. The van der Waals surface area contributed by atoms with Crippen LogP contribution in [-0.2, 0) is 4.74 Å². The fourth-order valence-electron chi connectivity index (χ4n) is 1.94. The van der Waals surface area contributed by atoms with Crippen LogP contribution in [0.4, 0.5) is 0 Å². The van der Waals surface area contributed by atoms with E-state index >= 15 is 0 Å². The summed E-state index contributed by atoms with van der Waals surface area (Å²) in [5.41, 5.74) is 1.94. The molecule has 0 bridgehead atoms. The van der Waals surface area contributed by atoms with E-state index in [0.29, 0.717) is 22.4 Å². The summed E-state index contributed by atoms with van der Waals surface area (Å²) in [4.78, 5) is 11.7. The van der Waals surface area contributed by atoms with E-state index in [-0.39, 0.29) is 6.61 Å². The Morgan fingerprint density at radius 3 is 2.95 bits per heavy atom. The summed E-state index contributed by atoms with van der Waals surface area (Å²) in [6, 6.07) is 6.95. The number of rotatable bonds is 4. The number of aliphatic hydroxyl groups excluding tert-OH is 1. The molecular weight excluding hydrogens is 270 g/mol. The highest BCUT2D eigenvalue weighted by Crippen LogP contribution is 2.23. The van der Waals surface area contributed by atoms with Gasteiger partial charge >= 0.3 is 5.97 Å². The molecule has 0 saturated carbocycles. The topological polar surface area (TPSA) is 88.1 Å². The number of esters is 1. The number of nitriles is 1. The van der Waals surface area contributed by atoms with Gasteiger partial charge in [-0.3, -0.25) is 0 Å². The monoisotopic (exact) mass is 285 g/mol. The number of carbonyl (C=O) groups excluding carboxylic acids is 1. The maximum absolute atomic E-state index is 11.7. The molecule has 0 aliphatic carbocycles. The highest BCUT2D eigenvalue weighted by atomic mass is 16.5. The second-order valence-electron chi connectivity index (χ2n) is 4.46. The van der Waals surface area contributed by atoms with E-state index < -0.39 is 12.1 Å². The molecule has 0 spiro atoms. The molecule has 0 amide bonds. The van der Waals surface area contributed by atoms with Crippen LogP contribution >= 0.6 is 0 Å². The molecule has 1 aromatic heterocycles. The van der Waals surface area contributed by atoms with Crippen molar-refractivity contribution in [1.29, 1.82) is 5.26 Å². The summed E-state index contributed by atoms with van der Waals surface area (Å²) >= 11 is 0. The molecule has 0 unspecified atom stereocenters. The Morgan fingerprint density at radius 1 is 1.57 bits per heavy atom. The van der Waals surface area contributed by atoms with Gasteiger partial charge in [0.05, 0.1) is 41.8 Å². The zero-order valence-electron chi connectivity index (χ0n) is 11.8. The molecule has 108 valence electrons. The molecule has 1 atom stereocenters. The molecule has 0 aliphatic rings. The Hall–Kier alpha value is -2.65. The van der Waals surface area contributed by atoms with E-state index in [2.05, 4.69) is 5.10 Å². The minimum absolute atomic E-state index is 0.285. The number of aromatic nitrogens is 2. The first-order chi connectivity index (χ1) is 10.1. The Labute approximate surface area is 122 Å². The summed E-state index contributed by atoms with van der Waals surface area (Å²) < 4.78 is 6.36. The largest absolute Gasteiger partial charge is 0.462 e. The lowest BCUT2D eigenvalue weighted by Crippen LogP contribution is -2.05. The van der Waals surface area contributed by atoms with Gasteiger partial charge in [0, 0.05) is 11.8 Å². The molecule has 0 saturated heterocycles. The lowest BCUT2D eigenvalue weighted by Gasteiger charge is -2.12. The van der Waals surface area contributed by atoms with Gasteiger partial charge in [0.15, 0.2) is 0 Å². The molecule has 6 heteroatoms. The van der Waals surface area contributed by atoms with Crippen LogP contribution in [-0.4, -0.2) is 27.5 Å². The van der Waals surface area contributed by atoms with E-state index in [1.807, 2.05) is 6.07 Å². The third kappa shape index (κ3) is 3.09. The van der Waals surface area contributed by atoms with Gasteiger partial charge in [0.2, 0.25) is 0 Å². The van der Waals surface area contributed by atoms with Crippen LogP contribution in [0.3, 0.4) is 0 Å². The molecule has 6 nitrogen and oxygen atoms in total. The predicted octanol–water partition coefficient (Wildman–Crippen LogP) is 1.97. The number of hydrogen-bond acceptors (Lipinski definition) is 5. The van der Waals surface area contributed by atoms with Gasteiger partial charge < -0.3 is 9.84 Å². The normalized spacial score (nSPS) is 11.7. The highest BCUT2D eigenvalue weighted by Gasteiger charge is 2.15. The summed E-state index contributed by atoms with van der Waals surface area (Å²) in [7, 11) is 0. The number of ether oxygens (including phenoxy) is 1. The van der Waals surface area contributed by atoms with Gasteiger partial charge in [0.1, 0.15) is 0 Å². The van der Waals surface area contributed by atoms with Gasteiger partial charge in [-0.05, 0) is 26.0 Å². The summed E-state index contributed by atoms with van der Waals surface area (Å²) in [5.74, 6) is -0.459. The van der Waals surface area contributed by atoms with E-state index in [0.717, 1.165) is 0 Å². The van der Waals surface area contributed by atoms with Gasteiger partial charge in [-0.25, -0.2) is 9.48 Å². The quantitative estimate of drug-likeness (QED) is 0.868. The van der Waals surface area contributed by atoms with Crippen LogP contribution in [0.2, 0.25) is 0 Å². The standard InChI is InChI=1S/C15H15N3O3/c1-3-21-15(20)12-8-17-18(9-12)14-6-11(7-16)4-5-13(14)10(2)19/h4-6,8-10,19H,3H2,1-2H3/t10-/m0/s1. The number of hydrogen-bond donors (Lipinski definition) is 1. The van der Waals surface area contributed by atoms with E-state index in [1.165, 1.54) is 17.1 Å². The third-order valence-corrected chi connectivity index (χ3v) is 2.95. The van der Waals surface area contributed by atoms with Gasteiger partial charge in [-0.2, -0.15) is 10.4 Å². The average Bonchev–Trinajstić information content (AvgIpc) is 2.96. The van der Waals surface area contributed by atoms with Crippen LogP contribution in [0.15, 0.2) is 30.6 Å².